The third-order valence-corrected chi connectivity index (χ3v) is 1.76. The lowest BCUT2D eigenvalue weighted by molar-refractivity contribution is -0.252. The van der Waals surface area contributed by atoms with E-state index in [1.54, 1.807) is 13.8 Å². The predicted octanol–water partition coefficient (Wildman–Crippen LogP) is 0.921. The van der Waals surface area contributed by atoms with Crippen LogP contribution in [0.2, 0.25) is 0 Å². The van der Waals surface area contributed by atoms with Gasteiger partial charge in [0.1, 0.15) is 0 Å². The molecular weight excluding hydrogens is 148 g/mol. The molecular formula is C7H14O4. The molecule has 0 fully saturated rings. The summed E-state index contributed by atoms with van der Waals surface area (Å²) in [6, 6.07) is 0. The summed E-state index contributed by atoms with van der Waals surface area (Å²) in [4.78, 5) is 14.8. The molecule has 0 rings (SSSR count). The Hall–Kier alpha value is -0.610. The van der Waals surface area contributed by atoms with Crippen LogP contribution in [0.1, 0.15) is 13.8 Å². The van der Waals surface area contributed by atoms with Crippen molar-refractivity contribution >= 4 is 5.97 Å². The number of hydrogen-bond donors (Lipinski definition) is 1. The van der Waals surface area contributed by atoms with Gasteiger partial charge in [-0.05, 0) is 5.92 Å². The number of carbonyl (C=O) groups excluding carboxylic acids is 1. The molecule has 0 radical (unpaired) electrons. The molecule has 4 heteroatoms. The lowest BCUT2D eigenvalue weighted by Gasteiger charge is -2.15. The second kappa shape index (κ2) is 5.09. The average Bonchev–Trinajstić information content (AvgIpc) is 2.02. The number of ether oxygens (including phenoxy) is 1. The predicted molar refractivity (Wildman–Crippen MR) is 38.9 cm³/mol. The third kappa shape index (κ3) is 3.34. The summed E-state index contributed by atoms with van der Waals surface area (Å²) in [5, 5.41) is 8.09. The molecule has 4 nitrogen and oxygen atoms in total. The Morgan fingerprint density at radius 3 is 2.45 bits per heavy atom. The van der Waals surface area contributed by atoms with Gasteiger partial charge in [0.25, 0.3) is 0 Å². The summed E-state index contributed by atoms with van der Waals surface area (Å²) < 4.78 is 4.50. The minimum Gasteiger partial charge on any atom is -0.469 e. The van der Waals surface area contributed by atoms with Crippen LogP contribution in [0.5, 0.6) is 0 Å². The quantitative estimate of drug-likeness (QED) is 0.379. The number of hydrogen-bond acceptors (Lipinski definition) is 4. The third-order valence-electron chi connectivity index (χ3n) is 1.76. The highest BCUT2D eigenvalue weighted by atomic mass is 17.1. The zero-order chi connectivity index (χ0) is 8.85. The molecule has 66 valence electrons. The first kappa shape index (κ1) is 10.4. The van der Waals surface area contributed by atoms with Crippen LogP contribution in [0.3, 0.4) is 0 Å². The molecule has 0 aliphatic carbocycles. The van der Waals surface area contributed by atoms with Crippen LogP contribution < -0.4 is 0 Å². The van der Waals surface area contributed by atoms with E-state index in [4.69, 9.17) is 5.26 Å². The fourth-order valence-corrected chi connectivity index (χ4v) is 0.680. The zero-order valence-electron chi connectivity index (χ0n) is 7.03. The number of esters is 1. The van der Waals surface area contributed by atoms with Crippen LogP contribution in [0.15, 0.2) is 0 Å². The van der Waals surface area contributed by atoms with Crippen molar-refractivity contribution in [2.75, 3.05) is 13.7 Å². The summed E-state index contributed by atoms with van der Waals surface area (Å²) >= 11 is 0. The molecule has 0 aromatic rings. The number of carbonyl (C=O) groups is 1. The van der Waals surface area contributed by atoms with Gasteiger partial charge in [-0.1, -0.05) is 13.8 Å². The molecule has 2 unspecified atom stereocenters. The van der Waals surface area contributed by atoms with E-state index < -0.39 is 0 Å². The lowest BCUT2D eigenvalue weighted by atomic mass is 9.97. The van der Waals surface area contributed by atoms with Crippen molar-refractivity contribution in [2.45, 2.75) is 13.8 Å². The first-order valence-electron chi connectivity index (χ1n) is 3.47. The van der Waals surface area contributed by atoms with Crippen molar-refractivity contribution < 1.29 is 19.7 Å². The molecule has 2 atom stereocenters. The monoisotopic (exact) mass is 162 g/mol. The first-order valence-corrected chi connectivity index (χ1v) is 3.47. The Labute approximate surface area is 66.0 Å². The van der Waals surface area contributed by atoms with Gasteiger partial charge >= 0.3 is 5.97 Å². The van der Waals surface area contributed by atoms with Gasteiger partial charge in [0.15, 0.2) is 0 Å². The van der Waals surface area contributed by atoms with E-state index in [-0.39, 0.29) is 24.4 Å². The smallest absolute Gasteiger partial charge is 0.308 e. The molecule has 0 bridgehead atoms. The van der Waals surface area contributed by atoms with Crippen molar-refractivity contribution in [3.8, 4) is 0 Å². The number of rotatable bonds is 4. The maximum absolute atomic E-state index is 10.9. The van der Waals surface area contributed by atoms with Crippen LogP contribution in [-0.4, -0.2) is 24.9 Å². The molecule has 0 saturated heterocycles. The largest absolute Gasteiger partial charge is 0.469 e. The summed E-state index contributed by atoms with van der Waals surface area (Å²) in [7, 11) is 1.34. The average molecular weight is 162 g/mol. The second-order valence-electron chi connectivity index (χ2n) is 2.58. The standard InChI is InChI=1S/C7H14O4/c1-5(4-11-9)6(2)7(8)10-3/h5-6,9H,4H2,1-3H3. The molecule has 0 amide bonds. The van der Waals surface area contributed by atoms with Gasteiger partial charge in [0.05, 0.1) is 19.6 Å². The minimum absolute atomic E-state index is 0.0348. The maximum atomic E-state index is 10.9. The van der Waals surface area contributed by atoms with E-state index in [0.717, 1.165) is 0 Å². The highest BCUT2D eigenvalue weighted by Gasteiger charge is 2.20. The Balaban J connectivity index is 3.80. The molecule has 1 N–H and O–H groups in total. The van der Waals surface area contributed by atoms with E-state index in [9.17, 15) is 4.79 Å². The van der Waals surface area contributed by atoms with Crippen molar-refractivity contribution in [3.63, 3.8) is 0 Å². The van der Waals surface area contributed by atoms with Gasteiger partial charge in [-0.25, -0.2) is 4.89 Å². The van der Waals surface area contributed by atoms with Crippen LogP contribution in [-0.2, 0) is 14.4 Å². The van der Waals surface area contributed by atoms with Crippen molar-refractivity contribution in [3.05, 3.63) is 0 Å². The molecule has 0 spiro atoms. The van der Waals surface area contributed by atoms with E-state index in [2.05, 4.69) is 9.62 Å². The molecule has 0 saturated carbocycles. The summed E-state index contributed by atoms with van der Waals surface area (Å²) in [5.74, 6) is -0.561. The van der Waals surface area contributed by atoms with Crippen LogP contribution in [0.25, 0.3) is 0 Å². The van der Waals surface area contributed by atoms with Crippen LogP contribution in [0.4, 0.5) is 0 Å². The Bertz CT molecular complexity index is 124. The fraction of sp³-hybridized carbons (Fsp3) is 0.857. The Morgan fingerprint density at radius 2 is 2.09 bits per heavy atom. The van der Waals surface area contributed by atoms with Gasteiger partial charge in [-0.2, -0.15) is 0 Å². The normalized spacial score (nSPS) is 15.6. The molecule has 0 heterocycles. The Morgan fingerprint density at radius 1 is 1.55 bits per heavy atom. The summed E-state index contributed by atoms with van der Waals surface area (Å²) in [6.07, 6.45) is 0. The maximum Gasteiger partial charge on any atom is 0.308 e. The SMILES string of the molecule is COC(=O)C(C)C(C)COO. The fourth-order valence-electron chi connectivity index (χ4n) is 0.680. The van der Waals surface area contributed by atoms with E-state index in [1.165, 1.54) is 7.11 Å². The summed E-state index contributed by atoms with van der Waals surface area (Å²) in [6.45, 7) is 3.68. The second-order valence-corrected chi connectivity index (χ2v) is 2.58. The molecule has 0 aromatic carbocycles. The van der Waals surface area contributed by atoms with E-state index in [1.807, 2.05) is 0 Å². The van der Waals surface area contributed by atoms with Gasteiger partial charge in [0.2, 0.25) is 0 Å². The van der Waals surface area contributed by atoms with E-state index >= 15 is 0 Å². The van der Waals surface area contributed by atoms with Crippen molar-refractivity contribution in [2.24, 2.45) is 11.8 Å². The molecule has 0 aliphatic rings. The highest BCUT2D eigenvalue weighted by molar-refractivity contribution is 5.72. The van der Waals surface area contributed by atoms with Crippen molar-refractivity contribution in [1.82, 2.24) is 0 Å². The lowest BCUT2D eigenvalue weighted by Crippen LogP contribution is -2.23. The zero-order valence-corrected chi connectivity index (χ0v) is 7.03. The van der Waals surface area contributed by atoms with Gasteiger partial charge in [0, 0.05) is 0 Å². The molecule has 0 aliphatic heterocycles. The highest BCUT2D eigenvalue weighted by Crippen LogP contribution is 2.11. The summed E-state index contributed by atoms with van der Waals surface area (Å²) in [5.41, 5.74) is 0. The van der Waals surface area contributed by atoms with Crippen LogP contribution >= 0.6 is 0 Å². The number of methoxy groups -OCH3 is 1. The first-order chi connectivity index (χ1) is 5.13. The van der Waals surface area contributed by atoms with Gasteiger partial charge in [-0.15, -0.1) is 0 Å². The van der Waals surface area contributed by atoms with Crippen LogP contribution in [0, 0.1) is 11.8 Å². The van der Waals surface area contributed by atoms with Crippen molar-refractivity contribution in [1.29, 1.82) is 0 Å². The van der Waals surface area contributed by atoms with Gasteiger partial charge < -0.3 is 4.74 Å². The molecule has 11 heavy (non-hydrogen) atoms. The molecule has 0 aromatic heterocycles. The van der Waals surface area contributed by atoms with E-state index in [0.29, 0.717) is 0 Å². The van der Waals surface area contributed by atoms with Gasteiger partial charge in [-0.3, -0.25) is 10.1 Å². The minimum atomic E-state index is -0.283. The Kier molecular flexibility index (Phi) is 4.81. The topological polar surface area (TPSA) is 55.8 Å².